The van der Waals surface area contributed by atoms with Crippen LogP contribution in [0, 0.1) is 0 Å². The van der Waals surface area contributed by atoms with Gasteiger partial charge in [-0.2, -0.15) is 0 Å². The van der Waals surface area contributed by atoms with Gasteiger partial charge in [0.1, 0.15) is 0 Å². The number of hydrogen-bond donors (Lipinski definition) is 2. The SMILES string of the molecule is O=C(O)CC[PH](O)=S. The van der Waals surface area contributed by atoms with Gasteiger partial charge in [0.15, 0.2) is 0 Å². The first-order valence-electron chi connectivity index (χ1n) is 2.06. The highest BCUT2D eigenvalue weighted by molar-refractivity contribution is 8.02. The van der Waals surface area contributed by atoms with Crippen molar-refractivity contribution < 1.29 is 14.8 Å². The Morgan fingerprint density at radius 2 is 2.25 bits per heavy atom. The third-order valence-corrected chi connectivity index (χ3v) is 1.84. The maximum absolute atomic E-state index is 9.76. The highest BCUT2D eigenvalue weighted by Crippen LogP contribution is 2.13. The van der Waals surface area contributed by atoms with Crippen molar-refractivity contribution in [2.75, 3.05) is 6.16 Å². The average Bonchev–Trinajstić information content (AvgIpc) is 1.61. The predicted octanol–water partition coefficient (Wildman–Crippen LogP) is 0.0445. The minimum atomic E-state index is -1.73. The van der Waals surface area contributed by atoms with Crippen LogP contribution in [-0.4, -0.2) is 22.1 Å². The molecule has 0 amide bonds. The molecule has 0 aromatic carbocycles. The Balaban J connectivity index is 3.18. The number of carbonyl (C=O) groups is 1. The summed E-state index contributed by atoms with van der Waals surface area (Å²) in [6.45, 7) is -1.73. The Hall–Kier alpha value is 0.0800. The van der Waals surface area contributed by atoms with Crippen molar-refractivity contribution in [3.8, 4) is 0 Å². The molecule has 3 nitrogen and oxygen atoms in total. The summed E-state index contributed by atoms with van der Waals surface area (Å²) in [6.07, 6.45) is 0.254. The summed E-state index contributed by atoms with van der Waals surface area (Å²) < 4.78 is 0. The smallest absolute Gasteiger partial charge is 0.303 e. The number of aliphatic carboxylic acids is 1. The van der Waals surface area contributed by atoms with E-state index < -0.39 is 12.9 Å². The van der Waals surface area contributed by atoms with E-state index in [0.717, 1.165) is 0 Å². The summed E-state index contributed by atoms with van der Waals surface area (Å²) >= 11 is 4.39. The second kappa shape index (κ2) is 4.01. The molecule has 1 atom stereocenters. The lowest BCUT2D eigenvalue weighted by molar-refractivity contribution is -0.136. The zero-order valence-corrected chi connectivity index (χ0v) is 5.94. The Kier molecular flexibility index (Phi) is 4.05. The van der Waals surface area contributed by atoms with Gasteiger partial charge in [-0.05, 0) is 0 Å². The summed E-state index contributed by atoms with van der Waals surface area (Å²) in [5, 5.41) is 8.02. The molecule has 0 aromatic rings. The molecular weight excluding hydrogens is 147 g/mol. The standard InChI is InChI=1S/C3H7O3PS/c4-3(5)1-2-7(6)8/h7H,1-2H2,(H,4,5)(H,6,8). The molecule has 0 saturated carbocycles. The summed E-state index contributed by atoms with van der Waals surface area (Å²) in [5.74, 6) is -0.897. The largest absolute Gasteiger partial charge is 0.481 e. The number of carboxylic acid groups (broad SMARTS) is 1. The molecule has 0 bridgehead atoms. The minimum absolute atomic E-state index is 0.00566. The third-order valence-electron chi connectivity index (χ3n) is 0.553. The Labute approximate surface area is 52.8 Å². The fourth-order valence-corrected chi connectivity index (χ4v) is 0.948. The molecule has 0 aliphatic carbocycles. The zero-order valence-electron chi connectivity index (χ0n) is 4.13. The number of hydrogen-bond acceptors (Lipinski definition) is 2. The second-order valence-electron chi connectivity index (χ2n) is 1.29. The lowest BCUT2D eigenvalue weighted by Crippen LogP contribution is -1.94. The Bertz CT molecular complexity index is 99.1. The van der Waals surface area contributed by atoms with Gasteiger partial charge in [-0.25, -0.2) is 0 Å². The lowest BCUT2D eigenvalue weighted by Gasteiger charge is -1.89. The van der Waals surface area contributed by atoms with Crippen molar-refractivity contribution >= 4 is 24.7 Å². The predicted molar refractivity (Wildman–Crippen MR) is 35.0 cm³/mol. The van der Waals surface area contributed by atoms with E-state index in [4.69, 9.17) is 10.00 Å². The maximum atomic E-state index is 9.76. The van der Waals surface area contributed by atoms with E-state index in [-0.39, 0.29) is 12.6 Å². The van der Waals surface area contributed by atoms with E-state index in [1.54, 1.807) is 0 Å². The van der Waals surface area contributed by atoms with Crippen LogP contribution in [0.3, 0.4) is 0 Å². The highest BCUT2D eigenvalue weighted by Gasteiger charge is 1.95. The van der Waals surface area contributed by atoms with E-state index >= 15 is 0 Å². The quantitative estimate of drug-likeness (QED) is 0.564. The molecule has 2 N–H and O–H groups in total. The van der Waals surface area contributed by atoms with Gasteiger partial charge < -0.3 is 10.00 Å². The van der Waals surface area contributed by atoms with Gasteiger partial charge in [0.05, 0.1) is 13.3 Å². The summed E-state index contributed by atoms with van der Waals surface area (Å²) in [7, 11) is 0. The molecular formula is C3H7O3PS. The molecule has 0 radical (unpaired) electrons. The van der Waals surface area contributed by atoms with Gasteiger partial charge >= 0.3 is 5.97 Å². The van der Waals surface area contributed by atoms with Crippen LogP contribution in [0.5, 0.6) is 0 Å². The topological polar surface area (TPSA) is 57.5 Å². The minimum Gasteiger partial charge on any atom is -0.481 e. The lowest BCUT2D eigenvalue weighted by atomic mass is 10.5. The van der Waals surface area contributed by atoms with Gasteiger partial charge in [-0.1, -0.05) is 11.8 Å². The average molecular weight is 154 g/mol. The van der Waals surface area contributed by atoms with E-state index in [9.17, 15) is 4.79 Å². The van der Waals surface area contributed by atoms with Crippen molar-refractivity contribution in [3.63, 3.8) is 0 Å². The number of rotatable bonds is 3. The normalized spacial score (nSPS) is 13.1. The van der Waals surface area contributed by atoms with Crippen molar-refractivity contribution in [2.24, 2.45) is 0 Å². The molecule has 5 heteroatoms. The summed E-state index contributed by atoms with van der Waals surface area (Å²) in [4.78, 5) is 18.2. The molecule has 0 spiro atoms. The third kappa shape index (κ3) is 6.08. The van der Waals surface area contributed by atoms with Gasteiger partial charge in [0.2, 0.25) is 0 Å². The van der Waals surface area contributed by atoms with Crippen LogP contribution >= 0.6 is 6.92 Å². The molecule has 0 aliphatic heterocycles. The van der Waals surface area contributed by atoms with Crippen molar-refractivity contribution in [2.45, 2.75) is 6.42 Å². The fraction of sp³-hybridized carbons (Fsp3) is 0.667. The zero-order chi connectivity index (χ0) is 6.57. The molecule has 0 aliphatic rings. The van der Waals surface area contributed by atoms with Crippen molar-refractivity contribution in [3.05, 3.63) is 0 Å². The fourth-order valence-electron chi connectivity index (χ4n) is 0.214. The van der Waals surface area contributed by atoms with Crippen LogP contribution in [0.25, 0.3) is 0 Å². The van der Waals surface area contributed by atoms with Crippen LogP contribution in [0.4, 0.5) is 0 Å². The molecule has 0 rings (SSSR count). The van der Waals surface area contributed by atoms with E-state index in [1.807, 2.05) is 0 Å². The molecule has 0 heterocycles. The second-order valence-corrected chi connectivity index (χ2v) is 3.99. The van der Waals surface area contributed by atoms with Crippen molar-refractivity contribution in [1.29, 1.82) is 0 Å². The highest BCUT2D eigenvalue weighted by atomic mass is 32.4. The van der Waals surface area contributed by atoms with E-state index in [2.05, 4.69) is 11.8 Å². The monoisotopic (exact) mass is 154 g/mol. The van der Waals surface area contributed by atoms with Gasteiger partial charge in [0.25, 0.3) is 0 Å². The first-order valence-corrected chi connectivity index (χ1v) is 4.85. The van der Waals surface area contributed by atoms with Crippen LogP contribution in [-0.2, 0) is 16.6 Å². The van der Waals surface area contributed by atoms with Crippen LogP contribution in [0.1, 0.15) is 6.42 Å². The van der Waals surface area contributed by atoms with Gasteiger partial charge in [-0.15, -0.1) is 0 Å². The van der Waals surface area contributed by atoms with Crippen LogP contribution < -0.4 is 0 Å². The van der Waals surface area contributed by atoms with Gasteiger partial charge in [0, 0.05) is 6.16 Å². The first-order chi connectivity index (χ1) is 3.63. The summed E-state index contributed by atoms with van der Waals surface area (Å²) in [6, 6.07) is 0. The molecule has 0 saturated heterocycles. The maximum Gasteiger partial charge on any atom is 0.303 e. The van der Waals surface area contributed by atoms with Crippen molar-refractivity contribution in [1.82, 2.24) is 0 Å². The summed E-state index contributed by atoms with van der Waals surface area (Å²) in [5.41, 5.74) is 0. The number of carboxylic acids is 1. The Morgan fingerprint density at radius 1 is 1.75 bits per heavy atom. The first kappa shape index (κ1) is 8.08. The molecule has 8 heavy (non-hydrogen) atoms. The van der Waals surface area contributed by atoms with Crippen LogP contribution in [0.2, 0.25) is 0 Å². The molecule has 0 aromatic heterocycles. The molecule has 48 valence electrons. The molecule has 0 fully saturated rings. The molecule has 1 unspecified atom stereocenters. The van der Waals surface area contributed by atoms with Crippen LogP contribution in [0.15, 0.2) is 0 Å². The van der Waals surface area contributed by atoms with E-state index in [1.165, 1.54) is 0 Å². The van der Waals surface area contributed by atoms with Gasteiger partial charge in [-0.3, -0.25) is 4.79 Å². The Morgan fingerprint density at radius 3 is 2.38 bits per heavy atom. The van der Waals surface area contributed by atoms with E-state index in [0.29, 0.717) is 0 Å².